The average Bonchev–Trinajstić information content (AvgIpc) is 3.47. The van der Waals surface area contributed by atoms with Gasteiger partial charge in [-0.1, -0.05) is 266 Å². The Labute approximate surface area is 507 Å². The second-order valence-corrected chi connectivity index (χ2v) is 25.4. The Morgan fingerprint density at radius 1 is 0.427 bits per heavy atom. The second kappa shape index (κ2) is 61.0. The van der Waals surface area contributed by atoms with Gasteiger partial charge in [-0.05, 0) is 115 Å². The van der Waals surface area contributed by atoms with Gasteiger partial charge in [0.15, 0.2) is 0 Å². The van der Waals surface area contributed by atoms with Gasteiger partial charge in [0.1, 0.15) is 19.3 Å². The SMILES string of the molecule is CCCCC/C=C\C/C=C\C/C=C\C/C=C\CCCCCC(=O)NC(COP(=O)([O-])OCC[N+](C)(C)C)C(/C=C\CCCCCCCCCCCC)OC(=O)CCCCCCCCCCCCCC/C=C\C/C=C\C/C=C\CCCCC. The van der Waals surface area contributed by atoms with E-state index in [1.165, 1.54) is 167 Å². The van der Waals surface area contributed by atoms with Crippen molar-refractivity contribution in [3.63, 3.8) is 0 Å². The lowest BCUT2D eigenvalue weighted by Crippen LogP contribution is -2.47. The molecule has 3 atom stereocenters. The third-order valence-electron chi connectivity index (χ3n) is 14.7. The number of amides is 1. The molecule has 9 nitrogen and oxygen atoms in total. The zero-order chi connectivity index (χ0) is 60.0. The number of carbonyl (C=O) groups excluding carboxylic acids is 2. The zero-order valence-corrected chi connectivity index (χ0v) is 55.1. The largest absolute Gasteiger partial charge is 0.756 e. The first kappa shape index (κ1) is 78.9. The summed E-state index contributed by atoms with van der Waals surface area (Å²) < 4.78 is 30.4. The summed E-state index contributed by atoms with van der Waals surface area (Å²) in [5.41, 5.74) is 0. The van der Waals surface area contributed by atoms with Crippen LogP contribution in [0.25, 0.3) is 0 Å². The van der Waals surface area contributed by atoms with Gasteiger partial charge in [-0.3, -0.25) is 14.2 Å². The van der Waals surface area contributed by atoms with Crippen LogP contribution in [0.15, 0.2) is 97.2 Å². The van der Waals surface area contributed by atoms with E-state index in [0.717, 1.165) is 89.9 Å². The first-order valence-corrected chi connectivity index (χ1v) is 35.5. The summed E-state index contributed by atoms with van der Waals surface area (Å²) in [7, 11) is 1.16. The van der Waals surface area contributed by atoms with Crippen molar-refractivity contribution in [2.45, 2.75) is 309 Å². The summed E-state index contributed by atoms with van der Waals surface area (Å²) in [4.78, 5) is 40.1. The van der Waals surface area contributed by atoms with Gasteiger partial charge >= 0.3 is 5.97 Å². The Morgan fingerprint density at radius 2 is 0.744 bits per heavy atom. The maximum absolute atomic E-state index is 13.6. The molecule has 474 valence electrons. The molecule has 0 rings (SSSR count). The smallest absolute Gasteiger partial charge is 0.306 e. The number of phosphoric acid groups is 1. The summed E-state index contributed by atoms with van der Waals surface area (Å²) in [6.45, 7) is 6.77. The minimum absolute atomic E-state index is 0.0327. The molecule has 0 aliphatic carbocycles. The fourth-order valence-electron chi connectivity index (χ4n) is 9.45. The molecule has 0 heterocycles. The lowest BCUT2D eigenvalue weighted by molar-refractivity contribution is -0.870. The minimum Gasteiger partial charge on any atom is -0.756 e. The van der Waals surface area contributed by atoms with Crippen molar-refractivity contribution in [3.05, 3.63) is 97.2 Å². The van der Waals surface area contributed by atoms with Crippen molar-refractivity contribution < 1.29 is 37.3 Å². The molecule has 0 bridgehead atoms. The quantitative estimate of drug-likeness (QED) is 0.0212. The third-order valence-corrected chi connectivity index (χ3v) is 15.7. The van der Waals surface area contributed by atoms with E-state index in [1.807, 2.05) is 33.3 Å². The molecular weight excluding hydrogens is 1040 g/mol. The molecule has 0 aromatic carbocycles. The van der Waals surface area contributed by atoms with E-state index in [-0.39, 0.29) is 31.3 Å². The number of carbonyl (C=O) groups is 2. The molecule has 0 radical (unpaired) electrons. The van der Waals surface area contributed by atoms with E-state index >= 15 is 0 Å². The molecule has 82 heavy (non-hydrogen) atoms. The fourth-order valence-corrected chi connectivity index (χ4v) is 10.2. The number of quaternary nitrogens is 1. The maximum atomic E-state index is 13.6. The van der Waals surface area contributed by atoms with E-state index < -0.39 is 26.6 Å². The van der Waals surface area contributed by atoms with E-state index in [1.54, 1.807) is 0 Å². The Kier molecular flexibility index (Phi) is 58.7. The molecule has 0 saturated carbocycles. The first-order valence-electron chi connectivity index (χ1n) is 34.0. The fraction of sp³-hybridized carbons (Fsp3) is 0.750. The number of likely N-dealkylation sites (N-methyl/N-ethyl adjacent to an activating group) is 1. The molecule has 0 aromatic rings. The van der Waals surface area contributed by atoms with Gasteiger partial charge in [-0.2, -0.15) is 0 Å². The number of hydrogen-bond acceptors (Lipinski definition) is 7. The molecule has 0 fully saturated rings. The van der Waals surface area contributed by atoms with Gasteiger partial charge < -0.3 is 28.5 Å². The van der Waals surface area contributed by atoms with Gasteiger partial charge in [0.05, 0.1) is 33.8 Å². The van der Waals surface area contributed by atoms with Crippen molar-refractivity contribution in [1.29, 1.82) is 0 Å². The van der Waals surface area contributed by atoms with Crippen LogP contribution in [0.4, 0.5) is 0 Å². The molecule has 1 N–H and O–H groups in total. The van der Waals surface area contributed by atoms with Crippen molar-refractivity contribution >= 4 is 19.7 Å². The number of unbranched alkanes of at least 4 members (excludes halogenated alkanes) is 31. The molecule has 10 heteroatoms. The first-order chi connectivity index (χ1) is 39.9. The summed E-state index contributed by atoms with van der Waals surface area (Å²) >= 11 is 0. The highest BCUT2D eigenvalue weighted by molar-refractivity contribution is 7.45. The number of allylic oxidation sites excluding steroid dienone is 15. The molecule has 0 saturated heterocycles. The summed E-state index contributed by atoms with van der Waals surface area (Å²) in [5, 5.41) is 3.02. The van der Waals surface area contributed by atoms with Crippen LogP contribution in [0.1, 0.15) is 297 Å². The molecule has 0 spiro atoms. The van der Waals surface area contributed by atoms with Gasteiger partial charge in [0.2, 0.25) is 5.91 Å². The lowest BCUT2D eigenvalue weighted by atomic mass is 10.0. The molecule has 1 amide bonds. The molecule has 3 unspecified atom stereocenters. The number of nitrogens with one attached hydrogen (secondary N) is 1. The average molecular weight is 1170 g/mol. The Hall–Kier alpha value is -3.07. The molecule has 0 aromatic heterocycles. The summed E-state index contributed by atoms with van der Waals surface area (Å²) in [5.74, 6) is -0.578. The van der Waals surface area contributed by atoms with Crippen LogP contribution in [-0.2, 0) is 27.9 Å². The topological polar surface area (TPSA) is 114 Å². The minimum atomic E-state index is -4.72. The van der Waals surface area contributed by atoms with Crippen LogP contribution in [0.5, 0.6) is 0 Å². The van der Waals surface area contributed by atoms with E-state index in [9.17, 15) is 19.0 Å². The predicted molar refractivity (Wildman–Crippen MR) is 353 cm³/mol. The normalized spacial score (nSPS) is 14.2. The second-order valence-electron chi connectivity index (χ2n) is 24.0. The van der Waals surface area contributed by atoms with Crippen molar-refractivity contribution in [2.75, 3.05) is 40.9 Å². The molecule has 0 aliphatic heterocycles. The van der Waals surface area contributed by atoms with E-state index in [2.05, 4.69) is 111 Å². The highest BCUT2D eigenvalue weighted by Gasteiger charge is 2.27. The number of nitrogens with zero attached hydrogens (tertiary/aromatic N) is 1. The Balaban J connectivity index is 5.17. The van der Waals surface area contributed by atoms with Gasteiger partial charge in [0.25, 0.3) is 7.82 Å². The summed E-state index contributed by atoms with van der Waals surface area (Å²) in [6.07, 6.45) is 82.4. The summed E-state index contributed by atoms with van der Waals surface area (Å²) in [6, 6.07) is -0.911. The van der Waals surface area contributed by atoms with Crippen LogP contribution in [-0.4, -0.2) is 69.4 Å². The number of rotatable bonds is 61. The standard InChI is InChI=1S/C72H129N2O7P/c1-7-10-13-16-19-22-25-28-30-32-34-35-36-37-38-39-41-43-45-47-50-53-56-59-62-65-72(76)81-70(63-60-57-54-51-48-27-24-21-18-15-12-9-3)69(68-80-82(77,78)79-67-66-74(4,5)6)73-71(75)64-61-58-55-52-49-46-44-42-40-33-31-29-26-23-20-17-14-11-8-2/h19-20,22-23,28-31,34-35,40,42,46,49,60,63,69-70H,7-18,21,24-27,32-33,36-39,41,43-45,47-48,50-59,61-62,64-68H2,1-6H3,(H-,73,75,77,78)/b22-19-,23-20-,30-28-,31-29-,35-34-,42-40-,49-46-,63-60-. The third kappa shape index (κ3) is 61.5. The van der Waals surface area contributed by atoms with Gasteiger partial charge in [0, 0.05) is 12.8 Å². The highest BCUT2D eigenvalue weighted by atomic mass is 31.2. The van der Waals surface area contributed by atoms with Crippen LogP contribution in [0.2, 0.25) is 0 Å². The number of ether oxygens (including phenoxy) is 1. The maximum Gasteiger partial charge on any atom is 0.306 e. The van der Waals surface area contributed by atoms with E-state index in [4.69, 9.17) is 13.8 Å². The number of esters is 1. The van der Waals surface area contributed by atoms with Crippen molar-refractivity contribution in [1.82, 2.24) is 5.32 Å². The molecule has 0 aliphatic rings. The van der Waals surface area contributed by atoms with Gasteiger partial charge in [-0.25, -0.2) is 0 Å². The van der Waals surface area contributed by atoms with E-state index in [0.29, 0.717) is 17.4 Å². The van der Waals surface area contributed by atoms with Crippen molar-refractivity contribution in [2.24, 2.45) is 0 Å². The van der Waals surface area contributed by atoms with Crippen LogP contribution >= 0.6 is 7.82 Å². The number of phosphoric ester groups is 1. The van der Waals surface area contributed by atoms with Crippen LogP contribution in [0.3, 0.4) is 0 Å². The highest BCUT2D eigenvalue weighted by Crippen LogP contribution is 2.38. The van der Waals surface area contributed by atoms with Crippen molar-refractivity contribution in [3.8, 4) is 0 Å². The van der Waals surface area contributed by atoms with Gasteiger partial charge in [-0.15, -0.1) is 0 Å². The number of hydrogen-bond donors (Lipinski definition) is 1. The Bertz CT molecular complexity index is 1720. The zero-order valence-electron chi connectivity index (χ0n) is 54.2. The Morgan fingerprint density at radius 3 is 1.15 bits per heavy atom. The van der Waals surface area contributed by atoms with Crippen LogP contribution < -0.4 is 10.2 Å². The predicted octanol–water partition coefficient (Wildman–Crippen LogP) is 20.9. The monoisotopic (exact) mass is 1160 g/mol. The lowest BCUT2D eigenvalue weighted by Gasteiger charge is -2.30. The van der Waals surface area contributed by atoms with Crippen LogP contribution in [0, 0.1) is 0 Å². The molecular formula is C72H129N2O7P.